The van der Waals surface area contributed by atoms with Gasteiger partial charge in [0.1, 0.15) is 0 Å². The van der Waals surface area contributed by atoms with Gasteiger partial charge in [-0.25, -0.2) is 0 Å². The zero-order valence-electron chi connectivity index (χ0n) is 11.4. The normalized spacial score (nSPS) is 19.1. The summed E-state index contributed by atoms with van der Waals surface area (Å²) in [5.74, 6) is 0. The summed E-state index contributed by atoms with van der Waals surface area (Å²) in [7, 11) is 1.86. The molecule has 0 aliphatic carbocycles. The van der Waals surface area contributed by atoms with Gasteiger partial charge in [-0.2, -0.15) is 13.2 Å². The van der Waals surface area contributed by atoms with E-state index < -0.39 is 11.7 Å². The molecular formula is C14H19F3N2. The van der Waals surface area contributed by atoms with Gasteiger partial charge in [-0.05, 0) is 45.0 Å². The van der Waals surface area contributed by atoms with E-state index in [1.807, 2.05) is 20.9 Å². The molecule has 0 aromatic heterocycles. The molecule has 0 fully saturated rings. The minimum absolute atomic E-state index is 0.183. The topological polar surface area (TPSA) is 15.3 Å². The predicted molar refractivity (Wildman–Crippen MR) is 70.5 cm³/mol. The molecule has 1 aromatic carbocycles. The first-order chi connectivity index (χ1) is 8.84. The molecule has 1 aromatic rings. The molecule has 1 heterocycles. The van der Waals surface area contributed by atoms with Gasteiger partial charge in [-0.3, -0.25) is 0 Å². The van der Waals surface area contributed by atoms with Crippen LogP contribution in [0, 0.1) is 0 Å². The zero-order valence-corrected chi connectivity index (χ0v) is 11.4. The summed E-state index contributed by atoms with van der Waals surface area (Å²) in [5.41, 5.74) is 1.16. The highest BCUT2D eigenvalue weighted by Gasteiger charge is 2.35. The highest BCUT2D eigenvalue weighted by atomic mass is 19.4. The lowest BCUT2D eigenvalue weighted by Crippen LogP contribution is -2.43. The van der Waals surface area contributed by atoms with Crippen molar-refractivity contribution < 1.29 is 13.2 Å². The van der Waals surface area contributed by atoms with E-state index >= 15 is 0 Å². The van der Waals surface area contributed by atoms with Crippen LogP contribution in [0.5, 0.6) is 0 Å². The summed E-state index contributed by atoms with van der Waals surface area (Å²) in [5, 5.41) is 3.11. The maximum atomic E-state index is 12.8. The van der Waals surface area contributed by atoms with Gasteiger partial charge in [0.05, 0.1) is 5.56 Å². The predicted octanol–water partition coefficient (Wildman–Crippen LogP) is 3.06. The number of hydrogen-bond acceptors (Lipinski definition) is 2. The molecule has 1 atom stereocenters. The van der Waals surface area contributed by atoms with E-state index in [4.69, 9.17) is 0 Å². The third-order valence-corrected chi connectivity index (χ3v) is 3.54. The van der Waals surface area contributed by atoms with E-state index in [9.17, 15) is 13.2 Å². The highest BCUT2D eigenvalue weighted by molar-refractivity contribution is 5.62. The molecule has 5 heteroatoms. The van der Waals surface area contributed by atoms with Crippen LogP contribution in [0.4, 0.5) is 18.9 Å². The van der Waals surface area contributed by atoms with E-state index in [1.54, 1.807) is 6.07 Å². The number of alkyl halides is 3. The van der Waals surface area contributed by atoms with Gasteiger partial charge in [0.15, 0.2) is 0 Å². The van der Waals surface area contributed by atoms with Gasteiger partial charge in [-0.15, -0.1) is 0 Å². The third kappa shape index (κ3) is 2.71. The number of halogens is 3. The number of nitrogens with one attached hydrogen (secondary N) is 1. The number of likely N-dealkylation sites (N-methyl/N-ethyl adjacent to an activating group) is 1. The minimum atomic E-state index is -4.28. The van der Waals surface area contributed by atoms with Crippen molar-refractivity contribution >= 4 is 5.69 Å². The summed E-state index contributed by atoms with van der Waals surface area (Å²) >= 11 is 0. The van der Waals surface area contributed by atoms with Crippen LogP contribution in [0.3, 0.4) is 0 Å². The van der Waals surface area contributed by atoms with Gasteiger partial charge < -0.3 is 10.2 Å². The molecule has 1 unspecified atom stereocenters. The SMILES string of the molecule is CNCC1Cc2ccc(C(F)(F)F)cc2N1C(C)C. The first-order valence-electron chi connectivity index (χ1n) is 6.47. The fourth-order valence-electron chi connectivity index (χ4n) is 2.81. The number of hydrogen-bond donors (Lipinski definition) is 1. The molecule has 2 nitrogen and oxygen atoms in total. The Labute approximate surface area is 111 Å². The largest absolute Gasteiger partial charge is 0.416 e. The molecule has 19 heavy (non-hydrogen) atoms. The first-order valence-corrected chi connectivity index (χ1v) is 6.47. The van der Waals surface area contributed by atoms with Gasteiger partial charge in [-0.1, -0.05) is 6.07 Å². The van der Waals surface area contributed by atoms with Crippen molar-refractivity contribution in [2.75, 3.05) is 18.5 Å². The summed E-state index contributed by atoms with van der Waals surface area (Å²) in [4.78, 5) is 2.08. The highest BCUT2D eigenvalue weighted by Crippen LogP contribution is 2.38. The Morgan fingerprint density at radius 1 is 1.37 bits per heavy atom. The maximum Gasteiger partial charge on any atom is 0.416 e. The van der Waals surface area contributed by atoms with Crippen LogP contribution in [-0.4, -0.2) is 25.7 Å². The zero-order chi connectivity index (χ0) is 14.2. The second-order valence-electron chi connectivity index (χ2n) is 5.26. The van der Waals surface area contributed by atoms with Crippen molar-refractivity contribution in [3.05, 3.63) is 29.3 Å². The van der Waals surface area contributed by atoms with Gasteiger partial charge in [0, 0.05) is 24.3 Å². The minimum Gasteiger partial charge on any atom is -0.364 e. The molecule has 106 valence electrons. The second kappa shape index (κ2) is 5.04. The van der Waals surface area contributed by atoms with Crippen molar-refractivity contribution in [3.8, 4) is 0 Å². The van der Waals surface area contributed by atoms with Crippen LogP contribution in [0.1, 0.15) is 25.0 Å². The van der Waals surface area contributed by atoms with Crippen molar-refractivity contribution in [2.24, 2.45) is 0 Å². The average Bonchev–Trinajstić information content (AvgIpc) is 2.65. The van der Waals surface area contributed by atoms with Crippen LogP contribution in [0.2, 0.25) is 0 Å². The second-order valence-corrected chi connectivity index (χ2v) is 5.26. The molecule has 0 radical (unpaired) electrons. The molecule has 1 N–H and O–H groups in total. The van der Waals surface area contributed by atoms with Gasteiger partial charge in [0.25, 0.3) is 0 Å². The molecule has 0 amide bonds. The monoisotopic (exact) mass is 272 g/mol. The van der Waals surface area contributed by atoms with Crippen LogP contribution < -0.4 is 10.2 Å². The lowest BCUT2D eigenvalue weighted by molar-refractivity contribution is -0.137. The molecule has 0 spiro atoms. The van der Waals surface area contributed by atoms with Crippen molar-refractivity contribution in [1.29, 1.82) is 0 Å². The number of nitrogens with zero attached hydrogens (tertiary/aromatic N) is 1. The summed E-state index contributed by atoms with van der Waals surface area (Å²) in [6, 6.07) is 4.49. The van der Waals surface area contributed by atoms with Crippen molar-refractivity contribution in [3.63, 3.8) is 0 Å². The lowest BCUT2D eigenvalue weighted by atomic mass is 10.1. The smallest absolute Gasteiger partial charge is 0.364 e. The van der Waals surface area contributed by atoms with E-state index in [2.05, 4.69) is 10.2 Å². The Kier molecular flexibility index (Phi) is 3.76. The van der Waals surface area contributed by atoms with Crippen LogP contribution in [0.25, 0.3) is 0 Å². The number of fused-ring (bicyclic) bond motifs is 1. The molecule has 1 aliphatic heterocycles. The summed E-state index contributed by atoms with van der Waals surface area (Å²) < 4.78 is 38.4. The van der Waals surface area contributed by atoms with Crippen molar-refractivity contribution in [1.82, 2.24) is 5.32 Å². The Morgan fingerprint density at radius 3 is 2.58 bits per heavy atom. The van der Waals surface area contributed by atoms with E-state index in [1.165, 1.54) is 12.1 Å². The van der Waals surface area contributed by atoms with Gasteiger partial charge in [0.2, 0.25) is 0 Å². The van der Waals surface area contributed by atoms with Crippen LogP contribution in [0.15, 0.2) is 18.2 Å². The molecule has 1 aliphatic rings. The Hall–Kier alpha value is -1.23. The van der Waals surface area contributed by atoms with Crippen LogP contribution in [-0.2, 0) is 12.6 Å². The molecule has 0 saturated heterocycles. The van der Waals surface area contributed by atoms with Gasteiger partial charge >= 0.3 is 6.18 Å². The first kappa shape index (κ1) is 14.2. The number of benzene rings is 1. The molecular weight excluding hydrogens is 253 g/mol. The van der Waals surface area contributed by atoms with Crippen LogP contribution >= 0.6 is 0 Å². The Morgan fingerprint density at radius 2 is 2.05 bits per heavy atom. The molecule has 2 rings (SSSR count). The quantitative estimate of drug-likeness (QED) is 0.909. The standard InChI is InChI=1S/C14H19F3N2/c1-9(2)19-12(8-18-3)6-10-4-5-11(7-13(10)19)14(15,16)17/h4-5,7,9,12,18H,6,8H2,1-3H3. The van der Waals surface area contributed by atoms with E-state index in [-0.39, 0.29) is 12.1 Å². The fourth-order valence-corrected chi connectivity index (χ4v) is 2.81. The fraction of sp³-hybridized carbons (Fsp3) is 0.571. The maximum absolute atomic E-state index is 12.8. The lowest BCUT2D eigenvalue weighted by Gasteiger charge is -2.31. The van der Waals surface area contributed by atoms with Crippen molar-refractivity contribution in [2.45, 2.75) is 38.5 Å². The summed E-state index contributed by atoms with van der Waals surface area (Å²) in [6.45, 7) is 4.80. The molecule has 0 saturated carbocycles. The average molecular weight is 272 g/mol. The van der Waals surface area contributed by atoms with E-state index in [0.29, 0.717) is 0 Å². The Balaban J connectivity index is 2.40. The Bertz CT molecular complexity index is 454. The molecule has 0 bridgehead atoms. The summed E-state index contributed by atoms with van der Waals surface area (Å²) in [6.07, 6.45) is -3.48. The number of anilines is 1. The number of rotatable bonds is 3. The third-order valence-electron chi connectivity index (χ3n) is 3.54. The van der Waals surface area contributed by atoms with E-state index in [0.717, 1.165) is 24.2 Å².